The second kappa shape index (κ2) is 2.90. The van der Waals surface area contributed by atoms with Gasteiger partial charge >= 0.3 is 11.1 Å². The molecule has 0 aromatic heterocycles. The Morgan fingerprint density at radius 3 is 1.43 bits per heavy atom. The van der Waals surface area contributed by atoms with Crippen LogP contribution < -0.4 is 0 Å². The molecule has 0 aromatic carbocycles. The summed E-state index contributed by atoms with van der Waals surface area (Å²) in [5.41, 5.74) is -3.38. The molecule has 14 heavy (non-hydrogen) atoms. The van der Waals surface area contributed by atoms with E-state index in [4.69, 9.17) is 0 Å². The van der Waals surface area contributed by atoms with E-state index in [-0.39, 0.29) is 0 Å². The van der Waals surface area contributed by atoms with Crippen LogP contribution in [0.3, 0.4) is 0 Å². The highest BCUT2D eigenvalue weighted by Crippen LogP contribution is 2.33. The molecule has 6 heteroatoms. The molecule has 1 rings (SSSR count). The zero-order valence-corrected chi connectivity index (χ0v) is 7.84. The van der Waals surface area contributed by atoms with Crippen molar-refractivity contribution < 1.29 is 9.85 Å². The summed E-state index contributed by atoms with van der Waals surface area (Å²) in [6.07, 6.45) is 5.40. The minimum Gasteiger partial charge on any atom is -0.263 e. The smallest absolute Gasteiger partial charge is 0.263 e. The SMILES string of the molecule is CC1([N+](=O)[O-])C=CC=CC1(C)[N+](=O)[O-]. The maximum atomic E-state index is 10.8. The number of rotatable bonds is 2. The summed E-state index contributed by atoms with van der Waals surface area (Å²) in [5.74, 6) is 0. The quantitative estimate of drug-likeness (QED) is 0.492. The van der Waals surface area contributed by atoms with Crippen molar-refractivity contribution in [1.29, 1.82) is 0 Å². The molecule has 2 unspecified atom stereocenters. The fourth-order valence-corrected chi connectivity index (χ4v) is 1.31. The summed E-state index contributed by atoms with van der Waals surface area (Å²) >= 11 is 0. The number of hydrogen-bond acceptors (Lipinski definition) is 4. The summed E-state index contributed by atoms with van der Waals surface area (Å²) in [5, 5.41) is 21.6. The first-order valence-electron chi connectivity index (χ1n) is 4.00. The van der Waals surface area contributed by atoms with Gasteiger partial charge in [-0.2, -0.15) is 0 Å². The maximum absolute atomic E-state index is 10.8. The van der Waals surface area contributed by atoms with E-state index < -0.39 is 20.9 Å². The van der Waals surface area contributed by atoms with Crippen LogP contribution >= 0.6 is 0 Å². The van der Waals surface area contributed by atoms with Gasteiger partial charge in [0.25, 0.3) is 0 Å². The van der Waals surface area contributed by atoms with Crippen molar-refractivity contribution in [3.05, 3.63) is 44.5 Å². The molecule has 1 aliphatic carbocycles. The number of nitrogens with zero attached hydrogens (tertiary/aromatic N) is 2. The van der Waals surface area contributed by atoms with E-state index in [2.05, 4.69) is 0 Å². The molecule has 0 aliphatic heterocycles. The third-order valence-electron chi connectivity index (χ3n) is 2.74. The van der Waals surface area contributed by atoms with Gasteiger partial charge in [-0.05, 0) is 12.2 Å². The van der Waals surface area contributed by atoms with Crippen molar-refractivity contribution in [2.75, 3.05) is 0 Å². The molecule has 76 valence electrons. The Hall–Kier alpha value is -1.72. The molecule has 0 heterocycles. The summed E-state index contributed by atoms with van der Waals surface area (Å²) in [7, 11) is 0. The van der Waals surface area contributed by atoms with Crippen molar-refractivity contribution >= 4 is 0 Å². The second-order valence-corrected chi connectivity index (χ2v) is 3.53. The lowest BCUT2D eigenvalue weighted by Crippen LogP contribution is -2.58. The lowest BCUT2D eigenvalue weighted by Gasteiger charge is -2.29. The van der Waals surface area contributed by atoms with Crippen LogP contribution in [0.5, 0.6) is 0 Å². The summed E-state index contributed by atoms with van der Waals surface area (Å²) in [6, 6.07) is 0. The van der Waals surface area contributed by atoms with E-state index in [0.29, 0.717) is 0 Å². The molecule has 0 bridgehead atoms. The summed E-state index contributed by atoms with van der Waals surface area (Å²) in [4.78, 5) is 20.4. The number of allylic oxidation sites excluding steroid dienone is 2. The van der Waals surface area contributed by atoms with Gasteiger partial charge in [-0.25, -0.2) is 0 Å². The van der Waals surface area contributed by atoms with Crippen molar-refractivity contribution in [1.82, 2.24) is 0 Å². The third kappa shape index (κ3) is 1.11. The molecule has 6 nitrogen and oxygen atoms in total. The van der Waals surface area contributed by atoms with Gasteiger partial charge in [0, 0.05) is 23.7 Å². The zero-order valence-electron chi connectivity index (χ0n) is 7.84. The molecule has 2 atom stereocenters. The molecule has 0 saturated heterocycles. The Morgan fingerprint density at radius 1 is 0.929 bits per heavy atom. The third-order valence-corrected chi connectivity index (χ3v) is 2.74. The highest BCUT2D eigenvalue weighted by molar-refractivity contribution is 5.27. The Kier molecular flexibility index (Phi) is 2.15. The molecule has 0 amide bonds. The standard InChI is InChI=1S/C8H10N2O4/c1-7(9(11)12)5-3-4-6-8(7,2)10(13)14/h3-6H,1-2H3. The van der Waals surface area contributed by atoms with Gasteiger partial charge < -0.3 is 0 Å². The van der Waals surface area contributed by atoms with Crippen LogP contribution in [0.4, 0.5) is 0 Å². The van der Waals surface area contributed by atoms with Crippen LogP contribution in [-0.2, 0) is 0 Å². The maximum Gasteiger partial charge on any atom is 0.309 e. The van der Waals surface area contributed by atoms with Gasteiger partial charge in [0.2, 0.25) is 0 Å². The van der Waals surface area contributed by atoms with Crippen LogP contribution in [-0.4, -0.2) is 20.9 Å². The lowest BCUT2D eigenvalue weighted by atomic mass is 9.77. The van der Waals surface area contributed by atoms with Gasteiger partial charge in [0.05, 0.1) is 0 Å². The molecule has 0 fully saturated rings. The van der Waals surface area contributed by atoms with Crippen molar-refractivity contribution in [3.63, 3.8) is 0 Å². The van der Waals surface area contributed by atoms with Gasteiger partial charge in [-0.15, -0.1) is 0 Å². The predicted octanol–water partition coefficient (Wildman–Crippen LogP) is 1.18. The molecular weight excluding hydrogens is 188 g/mol. The Bertz CT molecular complexity index is 315. The van der Waals surface area contributed by atoms with Crippen molar-refractivity contribution in [2.24, 2.45) is 0 Å². The largest absolute Gasteiger partial charge is 0.309 e. The van der Waals surface area contributed by atoms with Crippen molar-refractivity contribution in [2.45, 2.75) is 24.9 Å². The van der Waals surface area contributed by atoms with Crippen LogP contribution in [0.1, 0.15) is 13.8 Å². The van der Waals surface area contributed by atoms with Gasteiger partial charge in [-0.3, -0.25) is 20.2 Å². The second-order valence-electron chi connectivity index (χ2n) is 3.53. The predicted molar refractivity (Wildman–Crippen MR) is 49.1 cm³/mol. The molecule has 0 N–H and O–H groups in total. The first-order valence-corrected chi connectivity index (χ1v) is 4.00. The van der Waals surface area contributed by atoms with Crippen LogP contribution in [0.15, 0.2) is 24.3 Å². The molecule has 0 saturated carbocycles. The van der Waals surface area contributed by atoms with E-state index in [1.165, 1.54) is 38.2 Å². The molecule has 1 aliphatic rings. The fourth-order valence-electron chi connectivity index (χ4n) is 1.31. The number of hydrogen-bond donors (Lipinski definition) is 0. The lowest BCUT2D eigenvalue weighted by molar-refractivity contribution is -0.659. The van der Waals surface area contributed by atoms with Crippen LogP contribution in [0, 0.1) is 20.2 Å². The topological polar surface area (TPSA) is 86.3 Å². The number of nitro groups is 2. The van der Waals surface area contributed by atoms with E-state index in [9.17, 15) is 20.2 Å². The highest BCUT2D eigenvalue weighted by atomic mass is 16.6. The van der Waals surface area contributed by atoms with Crippen molar-refractivity contribution in [3.8, 4) is 0 Å². The highest BCUT2D eigenvalue weighted by Gasteiger charge is 2.62. The fraction of sp³-hybridized carbons (Fsp3) is 0.500. The summed E-state index contributed by atoms with van der Waals surface area (Å²) in [6.45, 7) is 2.49. The molecular formula is C8H10N2O4. The molecule has 0 aromatic rings. The molecule has 0 radical (unpaired) electrons. The average molecular weight is 198 g/mol. The van der Waals surface area contributed by atoms with E-state index >= 15 is 0 Å². The minimum absolute atomic E-state index is 0.629. The summed E-state index contributed by atoms with van der Waals surface area (Å²) < 4.78 is 0. The van der Waals surface area contributed by atoms with Gasteiger partial charge in [0.1, 0.15) is 0 Å². The first-order chi connectivity index (χ1) is 6.34. The van der Waals surface area contributed by atoms with Gasteiger partial charge in [-0.1, -0.05) is 12.2 Å². The Balaban J connectivity index is 3.30. The molecule has 0 spiro atoms. The van der Waals surface area contributed by atoms with Gasteiger partial charge in [0.15, 0.2) is 0 Å². The van der Waals surface area contributed by atoms with E-state index in [0.717, 1.165) is 0 Å². The van der Waals surface area contributed by atoms with E-state index in [1.807, 2.05) is 0 Å². The first kappa shape index (κ1) is 10.4. The van der Waals surface area contributed by atoms with E-state index in [1.54, 1.807) is 0 Å². The normalized spacial score (nSPS) is 35.6. The van der Waals surface area contributed by atoms with Crippen LogP contribution in [0.25, 0.3) is 0 Å². The Morgan fingerprint density at radius 2 is 1.21 bits per heavy atom. The Labute approximate surface area is 80.2 Å². The monoisotopic (exact) mass is 198 g/mol. The zero-order chi connectivity index (χ0) is 11.0. The minimum atomic E-state index is -1.69. The van der Waals surface area contributed by atoms with Crippen LogP contribution in [0.2, 0.25) is 0 Å². The average Bonchev–Trinajstić information content (AvgIpc) is 2.09.